The third-order valence-corrected chi connectivity index (χ3v) is 8.75. The fourth-order valence-corrected chi connectivity index (χ4v) is 7.76. The molecule has 0 radical (unpaired) electrons. The quantitative estimate of drug-likeness (QED) is 0.784. The number of ketones is 1. The molecule has 2 unspecified atom stereocenters. The maximum absolute atomic E-state index is 12.5. The topological polar surface area (TPSA) is 54.4 Å². The van der Waals surface area contributed by atoms with Crippen LogP contribution in [0.4, 0.5) is 0 Å². The van der Waals surface area contributed by atoms with Gasteiger partial charge in [-0.15, -0.1) is 0 Å². The molecular weight excluding hydrogens is 288 g/mol. The summed E-state index contributed by atoms with van der Waals surface area (Å²) in [6, 6.07) is 0. The predicted molar refractivity (Wildman–Crippen MR) is 87.9 cm³/mol. The van der Waals surface area contributed by atoms with E-state index in [-0.39, 0.29) is 22.2 Å². The van der Waals surface area contributed by atoms with Crippen LogP contribution in [0.5, 0.6) is 0 Å². The molecule has 3 nitrogen and oxygen atoms in total. The molecule has 128 valence electrons. The summed E-state index contributed by atoms with van der Waals surface area (Å²) in [5.41, 5.74) is 0.290. The second-order valence-electron chi connectivity index (χ2n) is 9.85. The maximum atomic E-state index is 12.5. The predicted octanol–water partition coefficient (Wildman–Crippen LogP) is 4.30. The van der Waals surface area contributed by atoms with E-state index < -0.39 is 5.97 Å². The van der Waals surface area contributed by atoms with Crippen LogP contribution < -0.4 is 0 Å². The molecule has 0 aromatic heterocycles. The number of hydrogen-bond acceptors (Lipinski definition) is 2. The summed E-state index contributed by atoms with van der Waals surface area (Å²) in [6.07, 6.45) is 8.30. The number of Topliss-reactive ketones (excluding diaryl/α,β-unsaturated/α-hetero) is 1. The van der Waals surface area contributed by atoms with E-state index in [0.717, 1.165) is 44.9 Å². The molecule has 1 N–H and O–H groups in total. The molecule has 0 aliphatic heterocycles. The lowest BCUT2D eigenvalue weighted by Crippen LogP contribution is -2.58. The molecule has 23 heavy (non-hydrogen) atoms. The van der Waals surface area contributed by atoms with E-state index in [4.69, 9.17) is 0 Å². The number of aliphatic carboxylic acids is 1. The second kappa shape index (κ2) is 4.61. The third kappa shape index (κ3) is 1.88. The first kappa shape index (κ1) is 15.7. The number of fused-ring (bicyclic) bond motifs is 3. The molecule has 0 aromatic rings. The zero-order chi connectivity index (χ0) is 16.6. The minimum Gasteiger partial charge on any atom is -0.481 e. The average molecular weight is 318 g/mol. The Labute approximate surface area is 139 Å². The number of rotatable bonds is 1. The highest BCUT2D eigenvalue weighted by Crippen LogP contribution is 2.71. The summed E-state index contributed by atoms with van der Waals surface area (Å²) in [6.45, 7) is 6.76. The van der Waals surface area contributed by atoms with Crippen molar-refractivity contribution in [2.24, 2.45) is 39.9 Å². The lowest BCUT2D eigenvalue weighted by Gasteiger charge is -2.63. The van der Waals surface area contributed by atoms with Gasteiger partial charge in [-0.1, -0.05) is 20.8 Å². The number of carboxylic acid groups (broad SMARTS) is 1. The molecule has 4 fully saturated rings. The van der Waals surface area contributed by atoms with Crippen molar-refractivity contribution >= 4 is 11.8 Å². The Balaban J connectivity index is 1.71. The number of hydrogen-bond donors (Lipinski definition) is 1. The summed E-state index contributed by atoms with van der Waals surface area (Å²) in [4.78, 5) is 24.2. The van der Waals surface area contributed by atoms with E-state index in [2.05, 4.69) is 20.8 Å². The van der Waals surface area contributed by atoms with Crippen LogP contribution in [0.15, 0.2) is 0 Å². The van der Waals surface area contributed by atoms with Crippen molar-refractivity contribution in [1.82, 2.24) is 0 Å². The van der Waals surface area contributed by atoms with Crippen LogP contribution >= 0.6 is 0 Å². The van der Waals surface area contributed by atoms with Gasteiger partial charge in [-0.2, -0.15) is 0 Å². The van der Waals surface area contributed by atoms with Gasteiger partial charge in [0.05, 0.1) is 5.92 Å². The highest BCUT2D eigenvalue weighted by Gasteiger charge is 2.65. The molecule has 4 saturated carbocycles. The van der Waals surface area contributed by atoms with Crippen LogP contribution in [0.2, 0.25) is 0 Å². The smallest absolute Gasteiger partial charge is 0.306 e. The normalized spacial score (nSPS) is 51.0. The first-order valence-corrected chi connectivity index (χ1v) is 9.47. The minimum atomic E-state index is -0.570. The highest BCUT2D eigenvalue weighted by molar-refractivity contribution is 5.85. The minimum absolute atomic E-state index is 0.113. The molecule has 6 atom stereocenters. The Bertz CT molecular complexity index is 565. The molecule has 4 aliphatic carbocycles. The zero-order valence-corrected chi connectivity index (χ0v) is 14.7. The molecule has 1 spiro atoms. The summed E-state index contributed by atoms with van der Waals surface area (Å²) in [5.74, 6) is 1.27. The van der Waals surface area contributed by atoms with Crippen molar-refractivity contribution < 1.29 is 14.7 Å². The monoisotopic (exact) mass is 318 g/mol. The summed E-state index contributed by atoms with van der Waals surface area (Å²) < 4.78 is 0. The van der Waals surface area contributed by atoms with E-state index >= 15 is 0 Å². The van der Waals surface area contributed by atoms with Gasteiger partial charge in [-0.3, -0.25) is 9.59 Å². The standard InChI is InChI=1S/C20H30O3/c1-18(2)14-6-9-20-10-12(13(11-20)17(22)23)4-5-15(20)19(14,3)8-7-16(18)21/h12-15H,4-11H2,1-3H3,(H,22,23)/t12?,13?,14-,15-,19-,20+/m1/s1. The van der Waals surface area contributed by atoms with Crippen LogP contribution in [-0.4, -0.2) is 16.9 Å². The summed E-state index contributed by atoms with van der Waals surface area (Å²) >= 11 is 0. The van der Waals surface area contributed by atoms with Crippen molar-refractivity contribution in [3.05, 3.63) is 0 Å². The van der Waals surface area contributed by atoms with E-state index in [1.807, 2.05) is 0 Å². The van der Waals surface area contributed by atoms with Crippen LogP contribution in [0, 0.1) is 39.9 Å². The van der Waals surface area contributed by atoms with Crippen LogP contribution in [0.3, 0.4) is 0 Å². The molecule has 3 heteroatoms. The Morgan fingerprint density at radius 1 is 1.04 bits per heavy atom. The highest BCUT2D eigenvalue weighted by atomic mass is 16.4. The van der Waals surface area contributed by atoms with E-state index in [9.17, 15) is 14.7 Å². The van der Waals surface area contributed by atoms with Gasteiger partial charge in [0.1, 0.15) is 5.78 Å². The largest absolute Gasteiger partial charge is 0.481 e. The van der Waals surface area contributed by atoms with Gasteiger partial charge >= 0.3 is 5.97 Å². The van der Waals surface area contributed by atoms with Crippen molar-refractivity contribution in [2.45, 2.75) is 72.1 Å². The van der Waals surface area contributed by atoms with Gasteiger partial charge in [0, 0.05) is 11.8 Å². The van der Waals surface area contributed by atoms with Gasteiger partial charge in [-0.25, -0.2) is 0 Å². The SMILES string of the molecule is CC1(C)C(=O)CC[C@]2(C)[C@@H]1CC[C@@]13CC(CC[C@@H]12)C(C(=O)O)C3. The van der Waals surface area contributed by atoms with Crippen LogP contribution in [-0.2, 0) is 9.59 Å². The Morgan fingerprint density at radius 2 is 1.78 bits per heavy atom. The number of carbonyl (C=O) groups excluding carboxylic acids is 1. The molecule has 0 saturated heterocycles. The third-order valence-electron chi connectivity index (χ3n) is 8.75. The first-order valence-electron chi connectivity index (χ1n) is 9.47. The Hall–Kier alpha value is -0.860. The fraction of sp³-hybridized carbons (Fsp3) is 0.900. The first-order chi connectivity index (χ1) is 10.7. The van der Waals surface area contributed by atoms with E-state index in [1.54, 1.807) is 0 Å². The van der Waals surface area contributed by atoms with Gasteiger partial charge in [-0.05, 0) is 73.5 Å². The molecule has 0 heterocycles. The molecule has 2 bridgehead atoms. The van der Waals surface area contributed by atoms with Gasteiger partial charge < -0.3 is 5.11 Å². The number of carboxylic acids is 1. The average Bonchev–Trinajstić information content (AvgIpc) is 2.75. The van der Waals surface area contributed by atoms with Crippen molar-refractivity contribution in [3.8, 4) is 0 Å². The van der Waals surface area contributed by atoms with Crippen molar-refractivity contribution in [1.29, 1.82) is 0 Å². The van der Waals surface area contributed by atoms with Gasteiger partial charge in [0.25, 0.3) is 0 Å². The zero-order valence-electron chi connectivity index (χ0n) is 14.7. The second-order valence-corrected chi connectivity index (χ2v) is 9.85. The fourth-order valence-electron chi connectivity index (χ4n) is 7.76. The lowest BCUT2D eigenvalue weighted by molar-refractivity contribution is -0.165. The van der Waals surface area contributed by atoms with Crippen LogP contribution in [0.25, 0.3) is 0 Å². The molecule has 0 aromatic carbocycles. The number of carbonyl (C=O) groups is 2. The molecule has 0 amide bonds. The summed E-state index contributed by atoms with van der Waals surface area (Å²) in [5, 5.41) is 9.62. The molecular formula is C20H30O3. The van der Waals surface area contributed by atoms with E-state index in [0.29, 0.717) is 23.5 Å². The van der Waals surface area contributed by atoms with E-state index in [1.165, 1.54) is 6.42 Å². The van der Waals surface area contributed by atoms with Crippen LogP contribution in [0.1, 0.15) is 72.1 Å². The Kier molecular flexibility index (Phi) is 3.14. The summed E-state index contributed by atoms with van der Waals surface area (Å²) in [7, 11) is 0. The van der Waals surface area contributed by atoms with Crippen molar-refractivity contribution in [3.63, 3.8) is 0 Å². The molecule has 4 aliphatic rings. The van der Waals surface area contributed by atoms with Crippen molar-refractivity contribution in [2.75, 3.05) is 0 Å². The molecule has 4 rings (SSSR count). The lowest BCUT2D eigenvalue weighted by atomic mass is 9.41. The van der Waals surface area contributed by atoms with Gasteiger partial charge in [0.2, 0.25) is 0 Å². The van der Waals surface area contributed by atoms with Gasteiger partial charge in [0.15, 0.2) is 0 Å². The maximum Gasteiger partial charge on any atom is 0.306 e. The Morgan fingerprint density at radius 3 is 2.48 bits per heavy atom.